The summed E-state index contributed by atoms with van der Waals surface area (Å²) in [5, 5.41) is 4.57. The fourth-order valence-corrected chi connectivity index (χ4v) is 2.24. The number of carbonyl (C=O) groups is 4. The van der Waals surface area contributed by atoms with Crippen LogP contribution in [0, 0.1) is 19.8 Å². The highest BCUT2D eigenvalue weighted by atomic mass is 16.5. The number of aromatic nitrogens is 1. The molecule has 3 amide bonds. The second kappa shape index (κ2) is 9.75. The Morgan fingerprint density at radius 2 is 1.67 bits per heavy atom. The molecule has 1 rings (SSSR count). The maximum Gasteiger partial charge on any atom is 0.355 e. The number of aryl methyl sites for hydroxylation is 1. The molecule has 1 heterocycles. The van der Waals surface area contributed by atoms with Gasteiger partial charge in [0.15, 0.2) is 6.61 Å². The van der Waals surface area contributed by atoms with Gasteiger partial charge in [-0.25, -0.2) is 14.4 Å². The van der Waals surface area contributed by atoms with Crippen LogP contribution in [0.1, 0.15) is 59.8 Å². The van der Waals surface area contributed by atoms with E-state index in [9.17, 15) is 19.2 Å². The van der Waals surface area contributed by atoms with E-state index >= 15 is 0 Å². The highest BCUT2D eigenvalue weighted by molar-refractivity contribution is 6.00. The minimum atomic E-state index is -0.808. The number of esters is 2. The first-order valence-electron chi connectivity index (χ1n) is 8.67. The number of hydrogen-bond acceptors (Lipinski definition) is 6. The summed E-state index contributed by atoms with van der Waals surface area (Å²) >= 11 is 0. The van der Waals surface area contributed by atoms with Crippen LogP contribution in [0.15, 0.2) is 0 Å². The second-order valence-electron chi connectivity index (χ2n) is 6.81. The molecule has 27 heavy (non-hydrogen) atoms. The van der Waals surface area contributed by atoms with Gasteiger partial charge in [-0.1, -0.05) is 13.8 Å². The van der Waals surface area contributed by atoms with Crippen molar-refractivity contribution in [2.24, 2.45) is 5.92 Å². The van der Waals surface area contributed by atoms with Crippen molar-refractivity contribution in [3.63, 3.8) is 0 Å². The van der Waals surface area contributed by atoms with Crippen molar-refractivity contribution in [2.75, 3.05) is 13.2 Å². The van der Waals surface area contributed by atoms with Gasteiger partial charge in [0.1, 0.15) is 5.69 Å². The predicted molar refractivity (Wildman–Crippen MR) is 97.5 cm³/mol. The van der Waals surface area contributed by atoms with Gasteiger partial charge in [0.2, 0.25) is 0 Å². The number of imide groups is 1. The molecule has 0 bridgehead atoms. The first-order valence-corrected chi connectivity index (χ1v) is 8.67. The van der Waals surface area contributed by atoms with Crippen LogP contribution in [0.25, 0.3) is 0 Å². The first kappa shape index (κ1) is 22.2. The van der Waals surface area contributed by atoms with Crippen molar-refractivity contribution in [3.8, 4) is 0 Å². The number of carbonyl (C=O) groups excluding carboxylic acids is 4. The van der Waals surface area contributed by atoms with E-state index in [1.165, 1.54) is 0 Å². The minimum absolute atomic E-state index is 0.0558. The summed E-state index contributed by atoms with van der Waals surface area (Å²) in [4.78, 5) is 50.3. The van der Waals surface area contributed by atoms with E-state index in [2.05, 4.69) is 15.6 Å². The van der Waals surface area contributed by atoms with Crippen LogP contribution < -0.4 is 10.6 Å². The third-order valence-corrected chi connectivity index (χ3v) is 3.45. The van der Waals surface area contributed by atoms with Gasteiger partial charge in [-0.2, -0.15) is 0 Å². The van der Waals surface area contributed by atoms with Crippen LogP contribution >= 0.6 is 0 Å². The summed E-state index contributed by atoms with van der Waals surface area (Å²) < 4.78 is 10.1. The van der Waals surface area contributed by atoms with Crippen LogP contribution in [0.2, 0.25) is 0 Å². The van der Waals surface area contributed by atoms with Crippen molar-refractivity contribution < 1.29 is 28.7 Å². The van der Waals surface area contributed by atoms with Gasteiger partial charge in [0, 0.05) is 12.2 Å². The summed E-state index contributed by atoms with van der Waals surface area (Å²) in [5.41, 5.74) is 1.15. The lowest BCUT2D eigenvalue weighted by atomic mass is 10.1. The fourth-order valence-electron chi connectivity index (χ4n) is 2.24. The molecule has 0 saturated carbocycles. The average molecular weight is 381 g/mol. The Hall–Kier alpha value is -2.84. The lowest BCUT2D eigenvalue weighted by Gasteiger charge is -2.09. The van der Waals surface area contributed by atoms with Crippen LogP contribution in [0.5, 0.6) is 0 Å². The number of nitrogens with one attached hydrogen (secondary N) is 3. The van der Waals surface area contributed by atoms with Crippen molar-refractivity contribution in [1.82, 2.24) is 15.6 Å². The van der Waals surface area contributed by atoms with Gasteiger partial charge < -0.3 is 19.8 Å². The molecule has 3 N–H and O–H groups in total. The standard InChI is InChI=1S/C18H27N3O6/c1-9(2)7-19-18(25)21-13(22)8-26-17(24)15-11(5)14(12(6)20-15)16(23)27-10(3)4/h9-10,20H,7-8H2,1-6H3,(H2,19,21,22,25). The molecule has 0 spiro atoms. The summed E-state index contributed by atoms with van der Waals surface area (Å²) in [5.74, 6) is -1.88. The molecule has 0 radical (unpaired) electrons. The fraction of sp³-hybridized carbons (Fsp3) is 0.556. The van der Waals surface area contributed by atoms with Crippen LogP contribution in [-0.4, -0.2) is 48.1 Å². The highest BCUT2D eigenvalue weighted by Gasteiger charge is 2.25. The summed E-state index contributed by atoms with van der Waals surface area (Å²) in [6, 6.07) is -0.657. The van der Waals surface area contributed by atoms with Gasteiger partial charge in [-0.3, -0.25) is 10.1 Å². The second-order valence-corrected chi connectivity index (χ2v) is 6.81. The molecule has 150 valence electrons. The minimum Gasteiger partial charge on any atom is -0.459 e. The molecular formula is C18H27N3O6. The molecule has 9 nitrogen and oxygen atoms in total. The quantitative estimate of drug-likeness (QED) is 0.619. The van der Waals surface area contributed by atoms with Crippen LogP contribution in [0.3, 0.4) is 0 Å². The first-order chi connectivity index (χ1) is 12.5. The molecule has 0 aliphatic heterocycles. The Morgan fingerprint density at radius 3 is 2.22 bits per heavy atom. The largest absolute Gasteiger partial charge is 0.459 e. The third kappa shape index (κ3) is 6.76. The van der Waals surface area contributed by atoms with Crippen molar-refractivity contribution in [2.45, 2.75) is 47.6 Å². The Balaban J connectivity index is 2.66. The molecule has 0 saturated heterocycles. The zero-order valence-corrected chi connectivity index (χ0v) is 16.5. The number of rotatable bonds is 7. The smallest absolute Gasteiger partial charge is 0.355 e. The van der Waals surface area contributed by atoms with Crippen molar-refractivity contribution in [3.05, 3.63) is 22.5 Å². The lowest BCUT2D eigenvalue weighted by molar-refractivity contribution is -0.123. The Labute approximate surface area is 158 Å². The topological polar surface area (TPSA) is 127 Å². The number of amides is 3. The predicted octanol–water partition coefficient (Wildman–Crippen LogP) is 1.84. The molecule has 0 fully saturated rings. The molecule has 0 aliphatic rings. The summed E-state index contributed by atoms with van der Waals surface area (Å²) in [6.07, 6.45) is -0.299. The SMILES string of the molecule is Cc1[nH]c(C(=O)OCC(=O)NC(=O)NCC(C)C)c(C)c1C(=O)OC(C)C. The van der Waals surface area contributed by atoms with Gasteiger partial charge in [0.25, 0.3) is 5.91 Å². The highest BCUT2D eigenvalue weighted by Crippen LogP contribution is 2.20. The molecule has 0 aliphatic carbocycles. The maximum atomic E-state index is 12.2. The van der Waals surface area contributed by atoms with Crippen molar-refractivity contribution in [1.29, 1.82) is 0 Å². The summed E-state index contributed by atoms with van der Waals surface area (Å²) in [7, 11) is 0. The normalized spacial score (nSPS) is 10.7. The number of H-pyrrole nitrogens is 1. The molecule has 0 atom stereocenters. The van der Waals surface area contributed by atoms with Crippen molar-refractivity contribution >= 4 is 23.9 Å². The summed E-state index contributed by atoms with van der Waals surface area (Å²) in [6.45, 7) is 10.3. The zero-order valence-electron chi connectivity index (χ0n) is 16.5. The molecule has 1 aromatic heterocycles. The van der Waals surface area contributed by atoms with E-state index in [1.54, 1.807) is 27.7 Å². The average Bonchev–Trinajstić information content (AvgIpc) is 2.84. The Morgan fingerprint density at radius 1 is 1.04 bits per heavy atom. The lowest BCUT2D eigenvalue weighted by Crippen LogP contribution is -2.42. The van der Waals surface area contributed by atoms with Crippen LogP contribution in [0.4, 0.5) is 4.79 Å². The van der Waals surface area contributed by atoms with E-state index in [1.807, 2.05) is 13.8 Å². The Kier molecular flexibility index (Phi) is 8.01. The van der Waals surface area contributed by atoms with Gasteiger partial charge in [0.05, 0.1) is 11.7 Å². The third-order valence-electron chi connectivity index (χ3n) is 3.45. The number of ether oxygens (including phenoxy) is 2. The molecule has 1 aromatic rings. The number of aromatic amines is 1. The monoisotopic (exact) mass is 381 g/mol. The Bertz CT molecular complexity index is 721. The maximum absolute atomic E-state index is 12.2. The van der Waals surface area contributed by atoms with E-state index < -0.39 is 30.5 Å². The van der Waals surface area contributed by atoms with E-state index in [4.69, 9.17) is 9.47 Å². The molecule has 9 heteroatoms. The molecular weight excluding hydrogens is 354 g/mol. The number of urea groups is 1. The van der Waals surface area contributed by atoms with Gasteiger partial charge >= 0.3 is 18.0 Å². The molecule has 0 aromatic carbocycles. The van der Waals surface area contributed by atoms with Crippen LogP contribution in [-0.2, 0) is 14.3 Å². The number of hydrogen-bond donors (Lipinski definition) is 3. The molecule has 0 unspecified atom stereocenters. The van der Waals surface area contributed by atoms with E-state index in [-0.39, 0.29) is 23.3 Å². The van der Waals surface area contributed by atoms with Gasteiger partial charge in [-0.05, 0) is 39.2 Å². The van der Waals surface area contributed by atoms with Gasteiger partial charge in [-0.15, -0.1) is 0 Å². The zero-order chi connectivity index (χ0) is 20.7. The van der Waals surface area contributed by atoms with E-state index in [0.29, 0.717) is 17.8 Å². The van der Waals surface area contributed by atoms with E-state index in [0.717, 1.165) is 0 Å².